The fourth-order valence-corrected chi connectivity index (χ4v) is 2.02. The summed E-state index contributed by atoms with van der Waals surface area (Å²) in [5.74, 6) is -1.15. The van der Waals surface area contributed by atoms with Gasteiger partial charge in [-0.15, -0.1) is 0 Å². The molecule has 0 spiro atoms. The van der Waals surface area contributed by atoms with Gasteiger partial charge in [-0.3, -0.25) is 9.59 Å². The summed E-state index contributed by atoms with van der Waals surface area (Å²) >= 11 is 0. The van der Waals surface area contributed by atoms with Crippen LogP contribution < -0.4 is 5.32 Å². The molecule has 1 aromatic carbocycles. The third-order valence-corrected chi connectivity index (χ3v) is 2.65. The van der Waals surface area contributed by atoms with Crippen molar-refractivity contribution in [3.05, 3.63) is 34.9 Å². The number of nitrogens with one attached hydrogen (secondary N) is 1. The molecule has 0 saturated carbocycles. The summed E-state index contributed by atoms with van der Waals surface area (Å²) in [6.45, 7) is 5.22. The summed E-state index contributed by atoms with van der Waals surface area (Å²) in [5, 5.41) is 11.6. The number of aliphatic carboxylic acids is 1. The van der Waals surface area contributed by atoms with E-state index in [2.05, 4.69) is 5.32 Å². The molecule has 0 aromatic heterocycles. The van der Waals surface area contributed by atoms with Crippen LogP contribution in [0.2, 0.25) is 0 Å². The Morgan fingerprint density at radius 1 is 1.29 bits per heavy atom. The molecular weight excluding hydrogens is 218 g/mol. The van der Waals surface area contributed by atoms with Gasteiger partial charge in [0.05, 0.1) is 12.5 Å². The van der Waals surface area contributed by atoms with Gasteiger partial charge < -0.3 is 10.4 Å². The highest BCUT2D eigenvalue weighted by Crippen LogP contribution is 2.24. The smallest absolute Gasteiger partial charge is 0.305 e. The maximum atomic E-state index is 11.1. The van der Waals surface area contributed by atoms with E-state index in [0.717, 1.165) is 16.7 Å². The van der Waals surface area contributed by atoms with Crippen molar-refractivity contribution in [2.24, 2.45) is 0 Å². The second kappa shape index (κ2) is 5.48. The van der Waals surface area contributed by atoms with E-state index >= 15 is 0 Å². The fourth-order valence-electron chi connectivity index (χ4n) is 2.02. The minimum absolute atomic E-state index is 0.106. The fraction of sp³-hybridized carbons (Fsp3) is 0.385. The highest BCUT2D eigenvalue weighted by atomic mass is 16.4. The van der Waals surface area contributed by atoms with Crippen molar-refractivity contribution in [3.8, 4) is 0 Å². The Bertz CT molecular complexity index is 404. The number of benzene rings is 1. The van der Waals surface area contributed by atoms with E-state index in [9.17, 15) is 9.59 Å². The molecule has 4 heteroatoms. The van der Waals surface area contributed by atoms with Crippen molar-refractivity contribution in [1.82, 2.24) is 5.32 Å². The summed E-state index contributed by atoms with van der Waals surface area (Å²) in [4.78, 5) is 22.0. The molecule has 0 radical (unpaired) electrons. The molecule has 0 aliphatic rings. The second-order valence-corrected chi connectivity index (χ2v) is 4.16. The van der Waals surface area contributed by atoms with E-state index in [4.69, 9.17) is 5.11 Å². The van der Waals surface area contributed by atoms with Crippen LogP contribution in [0.25, 0.3) is 0 Å². The van der Waals surface area contributed by atoms with Crippen molar-refractivity contribution < 1.29 is 14.7 Å². The largest absolute Gasteiger partial charge is 0.481 e. The lowest BCUT2D eigenvalue weighted by atomic mass is 9.94. The first-order chi connectivity index (χ1) is 7.91. The average Bonchev–Trinajstić information content (AvgIpc) is 2.14. The lowest BCUT2D eigenvalue weighted by Gasteiger charge is -2.20. The van der Waals surface area contributed by atoms with Crippen LogP contribution >= 0.6 is 0 Å². The first-order valence-electron chi connectivity index (χ1n) is 5.47. The molecule has 0 bridgehead atoms. The third-order valence-electron chi connectivity index (χ3n) is 2.65. The van der Waals surface area contributed by atoms with Crippen molar-refractivity contribution in [2.45, 2.75) is 33.2 Å². The zero-order chi connectivity index (χ0) is 13.0. The Labute approximate surface area is 101 Å². The number of carboxylic acid groups (broad SMARTS) is 1. The molecule has 4 nitrogen and oxygen atoms in total. The monoisotopic (exact) mass is 235 g/mol. The van der Waals surface area contributed by atoms with Gasteiger partial charge in [0.1, 0.15) is 0 Å². The summed E-state index contributed by atoms with van der Waals surface area (Å²) in [6.07, 6.45) is -0.106. The summed E-state index contributed by atoms with van der Waals surface area (Å²) in [5.41, 5.74) is 2.88. The van der Waals surface area contributed by atoms with Gasteiger partial charge in [-0.1, -0.05) is 18.2 Å². The van der Waals surface area contributed by atoms with Crippen LogP contribution in [0.5, 0.6) is 0 Å². The van der Waals surface area contributed by atoms with Crippen LogP contribution in [0, 0.1) is 13.8 Å². The van der Waals surface area contributed by atoms with Crippen LogP contribution in [0.4, 0.5) is 0 Å². The maximum Gasteiger partial charge on any atom is 0.305 e. The molecule has 92 valence electrons. The van der Waals surface area contributed by atoms with E-state index in [-0.39, 0.29) is 12.3 Å². The number of rotatable bonds is 4. The number of carbonyl (C=O) groups is 2. The van der Waals surface area contributed by atoms with Crippen LogP contribution in [-0.2, 0) is 9.59 Å². The number of carbonyl (C=O) groups excluding carboxylic acids is 1. The second-order valence-electron chi connectivity index (χ2n) is 4.16. The molecule has 1 amide bonds. The standard InChI is InChI=1S/C13H17NO3/c1-8-5-4-6-9(2)13(8)11(7-12(16)17)14-10(3)15/h4-6,11H,7H2,1-3H3,(H,14,15)(H,16,17). The Hall–Kier alpha value is -1.84. The van der Waals surface area contributed by atoms with Gasteiger partial charge in [-0.05, 0) is 30.5 Å². The van der Waals surface area contributed by atoms with Crippen molar-refractivity contribution in [3.63, 3.8) is 0 Å². The predicted molar refractivity (Wildman–Crippen MR) is 64.7 cm³/mol. The highest BCUT2D eigenvalue weighted by molar-refractivity contribution is 5.75. The number of hydrogen-bond acceptors (Lipinski definition) is 2. The molecule has 1 atom stereocenters. The molecule has 0 heterocycles. The van der Waals surface area contributed by atoms with Gasteiger partial charge in [0.25, 0.3) is 0 Å². The van der Waals surface area contributed by atoms with Gasteiger partial charge in [0.15, 0.2) is 0 Å². The van der Waals surface area contributed by atoms with Crippen LogP contribution in [0.1, 0.15) is 36.1 Å². The van der Waals surface area contributed by atoms with Crippen LogP contribution in [0.3, 0.4) is 0 Å². The molecule has 0 saturated heterocycles. The zero-order valence-corrected chi connectivity index (χ0v) is 10.3. The molecule has 2 N–H and O–H groups in total. The van der Waals surface area contributed by atoms with E-state index in [1.807, 2.05) is 32.0 Å². The number of carboxylic acids is 1. The topological polar surface area (TPSA) is 66.4 Å². The summed E-state index contributed by atoms with van der Waals surface area (Å²) in [6, 6.07) is 5.28. The Kier molecular flexibility index (Phi) is 4.26. The summed E-state index contributed by atoms with van der Waals surface area (Å²) < 4.78 is 0. The van der Waals surface area contributed by atoms with Gasteiger partial charge in [-0.25, -0.2) is 0 Å². The van der Waals surface area contributed by atoms with Crippen LogP contribution in [0.15, 0.2) is 18.2 Å². The Balaban J connectivity index is 3.11. The van der Waals surface area contributed by atoms with Gasteiger partial charge >= 0.3 is 5.97 Å². The quantitative estimate of drug-likeness (QED) is 0.838. The number of aryl methyl sites for hydroxylation is 2. The van der Waals surface area contributed by atoms with Crippen molar-refractivity contribution >= 4 is 11.9 Å². The van der Waals surface area contributed by atoms with Crippen molar-refractivity contribution in [1.29, 1.82) is 0 Å². The van der Waals surface area contributed by atoms with Gasteiger partial charge in [0.2, 0.25) is 5.91 Å². The van der Waals surface area contributed by atoms with Gasteiger partial charge in [0, 0.05) is 6.92 Å². The molecule has 1 rings (SSSR count). The first kappa shape index (κ1) is 13.2. The third kappa shape index (κ3) is 3.59. The minimum atomic E-state index is -0.925. The zero-order valence-electron chi connectivity index (χ0n) is 10.3. The number of hydrogen-bond donors (Lipinski definition) is 2. The first-order valence-corrected chi connectivity index (χ1v) is 5.47. The Morgan fingerprint density at radius 3 is 2.24 bits per heavy atom. The predicted octanol–water partition coefficient (Wildman–Crippen LogP) is 1.96. The maximum absolute atomic E-state index is 11.1. The van der Waals surface area contributed by atoms with Crippen LogP contribution in [-0.4, -0.2) is 17.0 Å². The average molecular weight is 235 g/mol. The Morgan fingerprint density at radius 2 is 1.82 bits per heavy atom. The van der Waals surface area contributed by atoms with E-state index in [1.165, 1.54) is 6.92 Å². The SMILES string of the molecule is CC(=O)NC(CC(=O)O)c1c(C)cccc1C. The molecule has 0 aliphatic carbocycles. The number of amides is 1. The molecule has 1 aromatic rings. The minimum Gasteiger partial charge on any atom is -0.481 e. The lowest BCUT2D eigenvalue weighted by Crippen LogP contribution is -2.29. The molecule has 1 unspecified atom stereocenters. The molecule has 0 fully saturated rings. The lowest BCUT2D eigenvalue weighted by molar-refractivity contribution is -0.137. The van der Waals surface area contributed by atoms with E-state index in [1.54, 1.807) is 0 Å². The van der Waals surface area contributed by atoms with E-state index in [0.29, 0.717) is 0 Å². The normalized spacial score (nSPS) is 11.9. The van der Waals surface area contributed by atoms with Crippen molar-refractivity contribution in [2.75, 3.05) is 0 Å². The summed E-state index contributed by atoms with van der Waals surface area (Å²) in [7, 11) is 0. The van der Waals surface area contributed by atoms with E-state index < -0.39 is 12.0 Å². The van der Waals surface area contributed by atoms with Gasteiger partial charge in [-0.2, -0.15) is 0 Å². The molecular formula is C13H17NO3. The molecule has 0 aliphatic heterocycles. The molecule has 17 heavy (non-hydrogen) atoms. The highest BCUT2D eigenvalue weighted by Gasteiger charge is 2.19.